The molecule has 3 heterocycles. The Hall–Kier alpha value is -2.51. The van der Waals surface area contributed by atoms with Crippen LogP contribution in [0.15, 0.2) is 53.0 Å². The van der Waals surface area contributed by atoms with E-state index in [0.717, 1.165) is 28.8 Å². The van der Waals surface area contributed by atoms with Crippen LogP contribution in [0.1, 0.15) is 23.2 Å². The molecular weight excluding hydrogens is 448 g/mol. The molecule has 7 heteroatoms. The van der Waals surface area contributed by atoms with Crippen molar-refractivity contribution in [3.8, 4) is 5.75 Å². The summed E-state index contributed by atoms with van der Waals surface area (Å²) in [4.78, 5) is 42.8. The molecule has 0 bridgehead atoms. The first-order valence-corrected chi connectivity index (χ1v) is 11.0. The number of hydrogen-bond acceptors (Lipinski definition) is 4. The number of nitrogens with one attached hydrogen (secondary N) is 1. The van der Waals surface area contributed by atoms with Crippen LogP contribution in [0.3, 0.4) is 0 Å². The first-order valence-electron chi connectivity index (χ1n) is 10.2. The summed E-state index contributed by atoms with van der Waals surface area (Å²) in [6.07, 6.45) is 1.84. The minimum Gasteiger partial charge on any atom is -0.497 e. The number of carbonyl (C=O) groups is 3. The van der Waals surface area contributed by atoms with Gasteiger partial charge in [0.2, 0.25) is 17.6 Å². The third kappa shape index (κ3) is 2.83. The number of ether oxygens (including phenoxy) is 1. The van der Waals surface area contributed by atoms with E-state index in [-0.39, 0.29) is 23.6 Å². The van der Waals surface area contributed by atoms with Crippen molar-refractivity contribution < 1.29 is 24.0 Å². The second kappa shape index (κ2) is 7.32. The molecular formula is C23H22BrN2O4+. The first kappa shape index (κ1) is 19.5. The van der Waals surface area contributed by atoms with Crippen molar-refractivity contribution in [2.75, 3.05) is 18.6 Å². The van der Waals surface area contributed by atoms with Gasteiger partial charge >= 0.3 is 0 Å². The molecule has 3 fully saturated rings. The van der Waals surface area contributed by atoms with Gasteiger partial charge in [0.25, 0.3) is 0 Å². The van der Waals surface area contributed by atoms with E-state index >= 15 is 0 Å². The topological polar surface area (TPSA) is 68.1 Å². The van der Waals surface area contributed by atoms with Gasteiger partial charge in [0.1, 0.15) is 23.6 Å². The minimum absolute atomic E-state index is 0.0239. The number of methoxy groups -OCH3 is 1. The number of Topliss-reactive ketones (excluding diaryl/α,β-unsaturated/α-hetero) is 1. The smallest absolute Gasteiger partial charge is 0.244 e. The predicted molar refractivity (Wildman–Crippen MR) is 114 cm³/mol. The molecule has 0 aromatic heterocycles. The maximum absolute atomic E-state index is 13.5. The highest BCUT2D eigenvalue weighted by atomic mass is 79.9. The van der Waals surface area contributed by atoms with Crippen molar-refractivity contribution in [2.45, 2.75) is 24.9 Å². The zero-order valence-electron chi connectivity index (χ0n) is 16.5. The van der Waals surface area contributed by atoms with Crippen LogP contribution in [0.25, 0.3) is 0 Å². The van der Waals surface area contributed by atoms with E-state index in [4.69, 9.17) is 4.74 Å². The van der Waals surface area contributed by atoms with E-state index in [1.165, 1.54) is 4.90 Å². The van der Waals surface area contributed by atoms with Gasteiger partial charge in [0.15, 0.2) is 6.04 Å². The highest BCUT2D eigenvalue weighted by molar-refractivity contribution is 9.10. The molecule has 3 aliphatic rings. The Kier molecular flexibility index (Phi) is 4.75. The van der Waals surface area contributed by atoms with Crippen LogP contribution in [0, 0.1) is 11.8 Å². The van der Waals surface area contributed by atoms with Crippen LogP contribution < -0.4 is 14.5 Å². The van der Waals surface area contributed by atoms with Gasteiger partial charge in [-0.3, -0.25) is 14.4 Å². The number of halogens is 1. The Balaban J connectivity index is 1.53. The summed E-state index contributed by atoms with van der Waals surface area (Å²) in [5.41, 5.74) is 1.12. The van der Waals surface area contributed by atoms with E-state index in [1.54, 1.807) is 49.6 Å². The maximum atomic E-state index is 13.5. The second-order valence-corrected chi connectivity index (χ2v) is 9.10. The van der Waals surface area contributed by atoms with Crippen LogP contribution >= 0.6 is 15.9 Å². The number of imide groups is 1. The lowest BCUT2D eigenvalue weighted by atomic mass is 9.85. The van der Waals surface area contributed by atoms with Crippen LogP contribution in [0.4, 0.5) is 5.69 Å². The lowest BCUT2D eigenvalue weighted by Gasteiger charge is -2.25. The average molecular weight is 470 g/mol. The van der Waals surface area contributed by atoms with Crippen molar-refractivity contribution in [3.05, 3.63) is 58.6 Å². The largest absolute Gasteiger partial charge is 0.497 e. The number of anilines is 1. The number of quaternary nitrogens is 1. The van der Waals surface area contributed by atoms with Crippen LogP contribution in [-0.4, -0.2) is 43.3 Å². The number of nitrogens with zero attached hydrogens (tertiary/aromatic N) is 1. The molecule has 0 spiro atoms. The normalized spacial score (nSPS) is 29.8. The Labute approximate surface area is 182 Å². The van der Waals surface area contributed by atoms with Gasteiger partial charge in [0.05, 0.1) is 19.3 Å². The summed E-state index contributed by atoms with van der Waals surface area (Å²) in [7, 11) is 1.58. The molecule has 0 aliphatic carbocycles. The van der Waals surface area contributed by atoms with E-state index < -0.39 is 17.9 Å². The summed E-state index contributed by atoms with van der Waals surface area (Å²) in [5.74, 6) is -0.846. The fourth-order valence-corrected chi connectivity index (χ4v) is 5.93. The molecule has 30 heavy (non-hydrogen) atoms. The summed E-state index contributed by atoms with van der Waals surface area (Å²) in [6.45, 7) is 0.821. The third-order valence-corrected chi connectivity index (χ3v) is 7.26. The molecule has 5 rings (SSSR count). The Bertz CT molecular complexity index is 1040. The minimum atomic E-state index is -0.605. The molecule has 1 unspecified atom stereocenters. The lowest BCUT2D eigenvalue weighted by molar-refractivity contribution is -0.915. The Morgan fingerprint density at radius 1 is 1.10 bits per heavy atom. The van der Waals surface area contributed by atoms with Crippen LogP contribution in [-0.2, 0) is 9.59 Å². The summed E-state index contributed by atoms with van der Waals surface area (Å²) >= 11 is 3.42. The SMILES string of the molecule is COc1ccc(C(=O)[C@H]2[C@@H]3C(=O)N(c4cccc(Br)c4)C(=O)[C@@H]3[C@@H]3CCC[NH+]32)cc1. The summed E-state index contributed by atoms with van der Waals surface area (Å²) < 4.78 is 5.99. The number of rotatable bonds is 4. The average Bonchev–Trinajstić information content (AvgIpc) is 3.39. The van der Waals surface area contributed by atoms with Gasteiger partial charge in [0, 0.05) is 22.9 Å². The highest BCUT2D eigenvalue weighted by Gasteiger charge is 2.68. The molecule has 6 nitrogen and oxygen atoms in total. The van der Waals surface area contributed by atoms with Gasteiger partial charge in [-0.25, -0.2) is 4.90 Å². The molecule has 0 radical (unpaired) electrons. The van der Waals surface area contributed by atoms with Crippen molar-refractivity contribution >= 4 is 39.2 Å². The monoisotopic (exact) mass is 469 g/mol. The van der Waals surface area contributed by atoms with Gasteiger partial charge in [-0.2, -0.15) is 0 Å². The molecule has 1 N–H and O–H groups in total. The number of fused-ring (bicyclic) bond motifs is 3. The van der Waals surface area contributed by atoms with Crippen molar-refractivity contribution in [1.82, 2.24) is 0 Å². The summed E-state index contributed by atoms with van der Waals surface area (Å²) in [6, 6.07) is 13.7. The van der Waals surface area contributed by atoms with Crippen LogP contribution in [0.2, 0.25) is 0 Å². The molecule has 0 saturated carbocycles. The van der Waals surface area contributed by atoms with Gasteiger partial charge in [-0.15, -0.1) is 0 Å². The number of hydrogen-bond donors (Lipinski definition) is 1. The van der Waals surface area contributed by atoms with Crippen LogP contribution in [0.5, 0.6) is 5.75 Å². The molecule has 2 aromatic rings. The zero-order valence-corrected chi connectivity index (χ0v) is 18.1. The predicted octanol–water partition coefficient (Wildman–Crippen LogP) is 1.88. The van der Waals surface area contributed by atoms with Gasteiger partial charge < -0.3 is 9.64 Å². The number of benzene rings is 2. The molecule has 5 atom stereocenters. The van der Waals surface area contributed by atoms with Gasteiger partial charge in [-0.05, 0) is 42.5 Å². The maximum Gasteiger partial charge on any atom is 0.244 e. The number of amides is 2. The number of carbonyl (C=O) groups excluding carboxylic acids is 3. The molecule has 154 valence electrons. The van der Waals surface area contributed by atoms with E-state index in [2.05, 4.69) is 15.9 Å². The molecule has 3 saturated heterocycles. The van der Waals surface area contributed by atoms with Crippen molar-refractivity contribution in [3.63, 3.8) is 0 Å². The quantitative estimate of drug-likeness (QED) is 0.548. The molecule has 2 aromatic carbocycles. The number of ketones is 1. The van der Waals surface area contributed by atoms with E-state index in [9.17, 15) is 14.4 Å². The van der Waals surface area contributed by atoms with Crippen molar-refractivity contribution in [1.29, 1.82) is 0 Å². The molecule has 3 aliphatic heterocycles. The van der Waals surface area contributed by atoms with E-state index in [1.807, 2.05) is 6.07 Å². The van der Waals surface area contributed by atoms with E-state index in [0.29, 0.717) is 17.0 Å². The fourth-order valence-electron chi connectivity index (χ4n) is 5.55. The highest BCUT2D eigenvalue weighted by Crippen LogP contribution is 2.40. The third-order valence-electron chi connectivity index (χ3n) is 6.77. The summed E-state index contributed by atoms with van der Waals surface area (Å²) in [5, 5.41) is 0. The first-order chi connectivity index (χ1) is 14.5. The lowest BCUT2D eigenvalue weighted by Crippen LogP contribution is -3.16. The Morgan fingerprint density at radius 2 is 1.83 bits per heavy atom. The molecule has 2 amide bonds. The fraction of sp³-hybridized carbons (Fsp3) is 0.348. The zero-order chi connectivity index (χ0) is 21.0. The Morgan fingerprint density at radius 3 is 2.53 bits per heavy atom. The van der Waals surface area contributed by atoms with Gasteiger partial charge in [-0.1, -0.05) is 22.0 Å². The van der Waals surface area contributed by atoms with Crippen molar-refractivity contribution in [2.24, 2.45) is 11.8 Å². The second-order valence-electron chi connectivity index (χ2n) is 8.19. The standard InChI is InChI=1S/C23H21BrN2O4/c1-30-16-9-7-13(8-10-16)21(27)20-19-18(17-6-3-11-25(17)20)22(28)26(23(19)29)15-5-2-4-14(24)12-15/h2,4-5,7-10,12,17-20H,3,6,11H2,1H3/p+1/t17-,18+,19+,20+/m0/s1.